The van der Waals surface area contributed by atoms with E-state index in [-0.39, 0.29) is 0 Å². The number of nitrogens with zero attached hydrogens (tertiary/aromatic N) is 2. The lowest BCUT2D eigenvalue weighted by molar-refractivity contribution is 0.355. The van der Waals surface area contributed by atoms with Crippen molar-refractivity contribution in [1.29, 1.82) is 0 Å². The van der Waals surface area contributed by atoms with Gasteiger partial charge in [0.25, 0.3) is 0 Å². The van der Waals surface area contributed by atoms with Gasteiger partial charge in [-0.3, -0.25) is 5.43 Å². The molecule has 0 aliphatic rings. The van der Waals surface area contributed by atoms with E-state index in [1.165, 1.54) is 11.3 Å². The summed E-state index contributed by atoms with van der Waals surface area (Å²) in [6.07, 6.45) is 1.57. The number of nitrogens with one attached hydrogen (secondary N) is 1. The molecular formula is C12H13ClN4O2S. The van der Waals surface area contributed by atoms with Crippen LogP contribution in [0.5, 0.6) is 11.5 Å². The van der Waals surface area contributed by atoms with E-state index in [4.69, 9.17) is 26.8 Å². The van der Waals surface area contributed by atoms with Gasteiger partial charge in [-0.15, -0.1) is 11.3 Å². The van der Waals surface area contributed by atoms with Crippen molar-refractivity contribution in [3.63, 3.8) is 0 Å². The fraction of sp³-hybridized carbons (Fsp3) is 0.167. The molecule has 106 valence electrons. The third kappa shape index (κ3) is 3.31. The van der Waals surface area contributed by atoms with Crippen molar-refractivity contribution >= 4 is 40.1 Å². The van der Waals surface area contributed by atoms with Gasteiger partial charge in [0, 0.05) is 17.0 Å². The topological polar surface area (TPSA) is 81.8 Å². The van der Waals surface area contributed by atoms with Crippen molar-refractivity contribution in [2.45, 2.75) is 0 Å². The van der Waals surface area contributed by atoms with E-state index in [1.807, 2.05) is 0 Å². The summed E-state index contributed by atoms with van der Waals surface area (Å²) in [6.45, 7) is 0. The highest BCUT2D eigenvalue weighted by Crippen LogP contribution is 2.32. The van der Waals surface area contributed by atoms with Crippen LogP contribution in [-0.2, 0) is 0 Å². The first-order valence-corrected chi connectivity index (χ1v) is 6.81. The minimum atomic E-state index is 0.455. The van der Waals surface area contributed by atoms with Gasteiger partial charge in [0.1, 0.15) is 5.82 Å². The molecule has 0 aliphatic carbocycles. The molecule has 0 fully saturated rings. The Hall–Kier alpha value is -1.99. The number of anilines is 2. The summed E-state index contributed by atoms with van der Waals surface area (Å²) in [5, 5.41) is 6.89. The zero-order chi connectivity index (χ0) is 14.5. The van der Waals surface area contributed by atoms with Crippen LogP contribution in [0.1, 0.15) is 5.56 Å². The lowest BCUT2D eigenvalue weighted by Crippen LogP contribution is -1.95. The molecule has 0 saturated heterocycles. The number of ether oxygens (including phenoxy) is 2. The van der Waals surface area contributed by atoms with E-state index in [1.54, 1.807) is 37.9 Å². The zero-order valence-electron chi connectivity index (χ0n) is 10.9. The van der Waals surface area contributed by atoms with Gasteiger partial charge in [0.05, 0.1) is 25.5 Å². The molecule has 1 aromatic carbocycles. The number of hydrogen-bond acceptors (Lipinski definition) is 7. The highest BCUT2D eigenvalue weighted by Gasteiger charge is 2.08. The molecule has 0 atom stereocenters. The molecule has 8 heteroatoms. The van der Waals surface area contributed by atoms with Crippen LogP contribution in [0.25, 0.3) is 0 Å². The summed E-state index contributed by atoms with van der Waals surface area (Å²) in [6, 6.07) is 3.41. The molecule has 0 radical (unpaired) electrons. The monoisotopic (exact) mass is 312 g/mol. The van der Waals surface area contributed by atoms with E-state index in [9.17, 15) is 0 Å². The molecular weight excluding hydrogens is 300 g/mol. The van der Waals surface area contributed by atoms with Crippen LogP contribution < -0.4 is 20.6 Å². The quantitative estimate of drug-likeness (QED) is 0.655. The average Bonchev–Trinajstić information content (AvgIpc) is 2.85. The van der Waals surface area contributed by atoms with Crippen LogP contribution in [0.15, 0.2) is 22.6 Å². The number of halogens is 1. The summed E-state index contributed by atoms with van der Waals surface area (Å²) in [5.41, 5.74) is 8.98. The number of benzene rings is 1. The first-order valence-electron chi connectivity index (χ1n) is 5.55. The number of nitrogens with two attached hydrogens (primary N) is 1. The van der Waals surface area contributed by atoms with Gasteiger partial charge < -0.3 is 15.2 Å². The second-order valence-corrected chi connectivity index (χ2v) is 4.94. The van der Waals surface area contributed by atoms with Crippen molar-refractivity contribution in [3.05, 3.63) is 28.1 Å². The van der Waals surface area contributed by atoms with E-state index in [0.29, 0.717) is 33.0 Å². The van der Waals surface area contributed by atoms with Crippen molar-refractivity contribution in [3.8, 4) is 11.5 Å². The van der Waals surface area contributed by atoms with Crippen LogP contribution in [-0.4, -0.2) is 25.4 Å². The smallest absolute Gasteiger partial charge is 0.205 e. The van der Waals surface area contributed by atoms with Gasteiger partial charge in [-0.05, 0) is 6.07 Å². The van der Waals surface area contributed by atoms with Crippen molar-refractivity contribution in [2.24, 2.45) is 5.10 Å². The van der Waals surface area contributed by atoms with E-state index >= 15 is 0 Å². The van der Waals surface area contributed by atoms with Crippen molar-refractivity contribution in [1.82, 2.24) is 4.98 Å². The Bertz CT molecular complexity index is 630. The third-order valence-corrected chi connectivity index (χ3v) is 3.48. The van der Waals surface area contributed by atoms with Crippen molar-refractivity contribution in [2.75, 3.05) is 25.4 Å². The first kappa shape index (κ1) is 14.4. The molecule has 1 aromatic heterocycles. The second kappa shape index (κ2) is 6.44. The summed E-state index contributed by atoms with van der Waals surface area (Å²) >= 11 is 7.50. The van der Waals surface area contributed by atoms with Gasteiger partial charge in [-0.1, -0.05) is 11.6 Å². The van der Waals surface area contributed by atoms with E-state index in [0.717, 1.165) is 0 Å². The Morgan fingerprint density at radius 2 is 2.05 bits per heavy atom. The number of rotatable bonds is 5. The molecule has 6 nitrogen and oxygen atoms in total. The minimum Gasteiger partial charge on any atom is -0.493 e. The lowest BCUT2D eigenvalue weighted by Gasteiger charge is -2.09. The van der Waals surface area contributed by atoms with Gasteiger partial charge in [0.15, 0.2) is 11.5 Å². The molecule has 0 unspecified atom stereocenters. The zero-order valence-corrected chi connectivity index (χ0v) is 12.5. The molecule has 2 rings (SSSR count). The number of nitrogen functional groups attached to an aromatic ring is 1. The number of hydrogen-bond donors (Lipinski definition) is 2. The van der Waals surface area contributed by atoms with Crippen LogP contribution in [0, 0.1) is 0 Å². The molecule has 0 saturated carbocycles. The SMILES string of the molecule is COc1cc(Cl)c(C=NNc2nc(N)cs2)cc1OC. The predicted octanol–water partition coefficient (Wildman–Crippen LogP) is 2.84. The Labute approximate surface area is 125 Å². The minimum absolute atomic E-state index is 0.455. The number of thiazole rings is 1. The molecule has 0 aliphatic heterocycles. The normalized spacial score (nSPS) is 10.8. The van der Waals surface area contributed by atoms with Gasteiger partial charge in [0.2, 0.25) is 5.13 Å². The van der Waals surface area contributed by atoms with E-state index < -0.39 is 0 Å². The summed E-state index contributed by atoms with van der Waals surface area (Å²) in [7, 11) is 3.11. The van der Waals surface area contributed by atoms with Crippen LogP contribution in [0.2, 0.25) is 5.02 Å². The maximum atomic E-state index is 6.14. The fourth-order valence-electron chi connectivity index (χ4n) is 1.46. The number of hydrazone groups is 1. The Kier molecular flexibility index (Phi) is 4.65. The summed E-state index contributed by atoms with van der Waals surface area (Å²) < 4.78 is 10.4. The first-order chi connectivity index (χ1) is 9.63. The standard InChI is InChI=1S/C12H13ClN4O2S/c1-18-9-3-7(8(13)4-10(9)19-2)5-15-17-12-16-11(14)6-20-12/h3-6H,14H2,1-2H3,(H,16,17). The molecule has 0 bridgehead atoms. The largest absolute Gasteiger partial charge is 0.493 e. The van der Waals surface area contributed by atoms with E-state index in [2.05, 4.69) is 15.5 Å². The fourth-order valence-corrected chi connectivity index (χ4v) is 2.21. The highest BCUT2D eigenvalue weighted by atomic mass is 35.5. The van der Waals surface area contributed by atoms with Crippen LogP contribution in [0.4, 0.5) is 10.9 Å². The predicted molar refractivity (Wildman–Crippen MR) is 82.3 cm³/mol. The molecule has 0 amide bonds. The second-order valence-electron chi connectivity index (χ2n) is 3.68. The Balaban J connectivity index is 2.16. The van der Waals surface area contributed by atoms with Gasteiger partial charge >= 0.3 is 0 Å². The third-order valence-electron chi connectivity index (χ3n) is 2.39. The average molecular weight is 313 g/mol. The Morgan fingerprint density at radius 1 is 1.35 bits per heavy atom. The number of aromatic nitrogens is 1. The molecule has 20 heavy (non-hydrogen) atoms. The maximum Gasteiger partial charge on any atom is 0.205 e. The summed E-state index contributed by atoms with van der Waals surface area (Å²) in [4.78, 5) is 4.02. The molecule has 1 heterocycles. The Morgan fingerprint density at radius 3 is 2.65 bits per heavy atom. The van der Waals surface area contributed by atoms with Gasteiger partial charge in [-0.2, -0.15) is 5.10 Å². The summed E-state index contributed by atoms with van der Waals surface area (Å²) in [5.74, 6) is 1.60. The van der Waals surface area contributed by atoms with Crippen LogP contribution >= 0.6 is 22.9 Å². The number of methoxy groups -OCH3 is 2. The molecule has 3 N–H and O–H groups in total. The van der Waals surface area contributed by atoms with Gasteiger partial charge in [-0.25, -0.2) is 4.98 Å². The molecule has 2 aromatic rings. The highest BCUT2D eigenvalue weighted by molar-refractivity contribution is 7.14. The van der Waals surface area contributed by atoms with Crippen molar-refractivity contribution < 1.29 is 9.47 Å². The van der Waals surface area contributed by atoms with Crippen LogP contribution in [0.3, 0.4) is 0 Å². The maximum absolute atomic E-state index is 6.14. The lowest BCUT2D eigenvalue weighted by atomic mass is 10.2. The molecule has 0 spiro atoms.